The van der Waals surface area contributed by atoms with E-state index in [-0.39, 0.29) is 5.82 Å². The van der Waals surface area contributed by atoms with Gasteiger partial charge in [0.05, 0.1) is 13.2 Å². The predicted octanol–water partition coefficient (Wildman–Crippen LogP) is 5.05. The molecule has 0 N–H and O–H groups in total. The number of nitrogens with zero attached hydrogens (tertiary/aromatic N) is 1. The van der Waals surface area contributed by atoms with Crippen LogP contribution in [-0.4, -0.2) is 45.4 Å². The fourth-order valence-corrected chi connectivity index (χ4v) is 3.83. The van der Waals surface area contributed by atoms with Crippen molar-refractivity contribution in [2.24, 2.45) is 0 Å². The molecule has 2 aromatic carbocycles. The summed E-state index contributed by atoms with van der Waals surface area (Å²) in [4.78, 5) is 2.24. The fraction of sp³-hybridized carbons (Fsp3) is 0.333. The minimum atomic E-state index is -0.211. The molecular weight excluding hydrogens is 349 g/mol. The van der Waals surface area contributed by atoms with Crippen molar-refractivity contribution >= 4 is 21.4 Å². The van der Waals surface area contributed by atoms with Crippen molar-refractivity contribution in [3.05, 3.63) is 53.7 Å². The molecule has 0 aliphatic rings. The number of ether oxygens (including phenoxy) is 2. The number of hydrogen-bond acceptors (Lipinski definition) is 4. The van der Waals surface area contributed by atoms with Gasteiger partial charge in [-0.1, -0.05) is 12.1 Å². The molecule has 0 bridgehead atoms. The number of hydrogen-bond donors (Lipinski definition) is 0. The van der Waals surface area contributed by atoms with Crippen LogP contribution in [0.1, 0.15) is 6.42 Å². The predicted molar refractivity (Wildman–Crippen MR) is 107 cm³/mol. The van der Waals surface area contributed by atoms with Gasteiger partial charge >= 0.3 is 0 Å². The Labute approximate surface area is 158 Å². The van der Waals surface area contributed by atoms with Crippen molar-refractivity contribution < 1.29 is 13.9 Å². The lowest BCUT2D eigenvalue weighted by Gasteiger charge is -2.15. The second-order valence-corrected chi connectivity index (χ2v) is 7.22. The van der Waals surface area contributed by atoms with Gasteiger partial charge in [-0.25, -0.2) is 4.39 Å². The molecule has 3 aromatic rings. The van der Waals surface area contributed by atoms with Crippen molar-refractivity contribution in [1.82, 2.24) is 4.90 Å². The van der Waals surface area contributed by atoms with Crippen LogP contribution in [0.2, 0.25) is 0 Å². The Morgan fingerprint density at radius 2 is 1.85 bits per heavy atom. The maximum Gasteiger partial charge on any atom is 0.123 e. The lowest BCUT2D eigenvalue weighted by atomic mass is 10.0. The molecule has 0 aliphatic heterocycles. The van der Waals surface area contributed by atoms with Gasteiger partial charge in [0.15, 0.2) is 0 Å². The van der Waals surface area contributed by atoms with Crippen LogP contribution in [0.15, 0.2) is 47.8 Å². The largest absolute Gasteiger partial charge is 0.493 e. The Morgan fingerprint density at radius 1 is 1.04 bits per heavy atom. The third-order valence-electron chi connectivity index (χ3n) is 4.33. The Kier molecular flexibility index (Phi) is 6.61. The Balaban J connectivity index is 1.59. The first-order chi connectivity index (χ1) is 12.7. The Bertz CT molecular complexity index is 832. The van der Waals surface area contributed by atoms with E-state index in [1.54, 1.807) is 18.4 Å². The number of rotatable bonds is 9. The van der Waals surface area contributed by atoms with Crippen LogP contribution >= 0.6 is 11.3 Å². The first-order valence-corrected chi connectivity index (χ1v) is 9.63. The standard InChI is InChI=1S/C21H24FNO2S/c1-23(11-13-24-2)10-3-12-25-18-8-9-19-20(15-26-21(19)14-18)16-4-6-17(22)7-5-16/h4-9,14-15H,3,10-13H2,1-2H3. The summed E-state index contributed by atoms with van der Waals surface area (Å²) in [5.41, 5.74) is 2.17. The van der Waals surface area contributed by atoms with Gasteiger partial charge in [-0.3, -0.25) is 0 Å². The average molecular weight is 373 g/mol. The first-order valence-electron chi connectivity index (χ1n) is 8.75. The number of methoxy groups -OCH3 is 1. The molecule has 5 heteroatoms. The summed E-state index contributed by atoms with van der Waals surface area (Å²) in [7, 11) is 3.81. The molecule has 3 nitrogen and oxygen atoms in total. The number of thiophene rings is 1. The molecule has 0 spiro atoms. The molecule has 1 aromatic heterocycles. The molecule has 0 saturated heterocycles. The molecule has 138 valence electrons. The van der Waals surface area contributed by atoms with Crippen LogP contribution in [0.5, 0.6) is 5.75 Å². The van der Waals surface area contributed by atoms with E-state index in [9.17, 15) is 4.39 Å². The molecule has 26 heavy (non-hydrogen) atoms. The van der Waals surface area contributed by atoms with E-state index in [2.05, 4.69) is 29.5 Å². The van der Waals surface area contributed by atoms with Gasteiger partial charge in [0.25, 0.3) is 0 Å². The molecule has 0 radical (unpaired) electrons. The molecule has 0 saturated carbocycles. The lowest BCUT2D eigenvalue weighted by Crippen LogP contribution is -2.25. The number of benzene rings is 2. The molecule has 0 fully saturated rings. The van der Waals surface area contributed by atoms with E-state index in [4.69, 9.17) is 9.47 Å². The minimum absolute atomic E-state index is 0.211. The van der Waals surface area contributed by atoms with E-state index in [0.717, 1.165) is 43.0 Å². The van der Waals surface area contributed by atoms with Gasteiger partial charge in [-0.2, -0.15) is 0 Å². The van der Waals surface area contributed by atoms with Gasteiger partial charge in [0.1, 0.15) is 11.6 Å². The first kappa shape index (κ1) is 18.8. The van der Waals surface area contributed by atoms with Crippen LogP contribution in [0, 0.1) is 5.82 Å². The highest BCUT2D eigenvalue weighted by Gasteiger charge is 2.08. The van der Waals surface area contributed by atoms with E-state index in [0.29, 0.717) is 6.61 Å². The minimum Gasteiger partial charge on any atom is -0.493 e. The third-order valence-corrected chi connectivity index (χ3v) is 5.28. The summed E-state index contributed by atoms with van der Waals surface area (Å²) in [6, 6.07) is 12.8. The number of likely N-dealkylation sites (N-methyl/N-ethyl adjacent to an activating group) is 1. The maximum absolute atomic E-state index is 13.1. The zero-order valence-corrected chi connectivity index (χ0v) is 16.0. The molecule has 0 aliphatic carbocycles. The average Bonchev–Trinajstić information content (AvgIpc) is 3.07. The number of fused-ring (bicyclic) bond motifs is 1. The molecule has 1 heterocycles. The SMILES string of the molecule is COCCN(C)CCCOc1ccc2c(-c3ccc(F)cc3)csc2c1. The molecule has 0 unspecified atom stereocenters. The lowest BCUT2D eigenvalue weighted by molar-refractivity contribution is 0.157. The molecule has 0 atom stereocenters. The van der Waals surface area contributed by atoms with Crippen molar-refractivity contribution in [3.63, 3.8) is 0 Å². The van der Waals surface area contributed by atoms with Crippen molar-refractivity contribution in [2.45, 2.75) is 6.42 Å². The van der Waals surface area contributed by atoms with Crippen LogP contribution in [0.3, 0.4) is 0 Å². The zero-order chi connectivity index (χ0) is 18.4. The number of halogens is 1. The van der Waals surface area contributed by atoms with Crippen molar-refractivity contribution in [3.8, 4) is 16.9 Å². The highest BCUT2D eigenvalue weighted by atomic mass is 32.1. The van der Waals surface area contributed by atoms with E-state index in [1.165, 1.54) is 22.2 Å². The van der Waals surface area contributed by atoms with E-state index in [1.807, 2.05) is 18.2 Å². The van der Waals surface area contributed by atoms with Crippen LogP contribution < -0.4 is 4.74 Å². The topological polar surface area (TPSA) is 21.7 Å². The highest BCUT2D eigenvalue weighted by molar-refractivity contribution is 7.17. The summed E-state index contributed by atoms with van der Waals surface area (Å²) in [5.74, 6) is 0.682. The summed E-state index contributed by atoms with van der Waals surface area (Å²) >= 11 is 1.68. The quantitative estimate of drug-likeness (QED) is 0.490. The van der Waals surface area contributed by atoms with Gasteiger partial charge in [-0.15, -0.1) is 11.3 Å². The summed E-state index contributed by atoms with van der Waals surface area (Å²) in [6.07, 6.45) is 0.976. The highest BCUT2D eigenvalue weighted by Crippen LogP contribution is 2.36. The summed E-state index contributed by atoms with van der Waals surface area (Å²) in [6.45, 7) is 3.37. The Morgan fingerprint density at radius 3 is 2.62 bits per heavy atom. The zero-order valence-electron chi connectivity index (χ0n) is 15.2. The van der Waals surface area contributed by atoms with Crippen LogP contribution in [0.4, 0.5) is 4.39 Å². The van der Waals surface area contributed by atoms with Gasteiger partial charge in [0.2, 0.25) is 0 Å². The molecule has 3 rings (SSSR count). The van der Waals surface area contributed by atoms with Gasteiger partial charge < -0.3 is 14.4 Å². The van der Waals surface area contributed by atoms with E-state index < -0.39 is 0 Å². The van der Waals surface area contributed by atoms with Crippen molar-refractivity contribution in [2.75, 3.05) is 40.5 Å². The smallest absolute Gasteiger partial charge is 0.123 e. The van der Waals surface area contributed by atoms with Crippen molar-refractivity contribution in [1.29, 1.82) is 0 Å². The van der Waals surface area contributed by atoms with Crippen LogP contribution in [-0.2, 0) is 4.74 Å². The molecular formula is C21H24FNO2S. The van der Waals surface area contributed by atoms with Gasteiger partial charge in [0, 0.05) is 35.8 Å². The maximum atomic E-state index is 13.1. The fourth-order valence-electron chi connectivity index (χ4n) is 2.83. The Hall–Kier alpha value is -1.95. The second kappa shape index (κ2) is 9.12. The summed E-state index contributed by atoms with van der Waals surface area (Å²) < 4.78 is 25.3. The second-order valence-electron chi connectivity index (χ2n) is 6.31. The van der Waals surface area contributed by atoms with Crippen LogP contribution in [0.25, 0.3) is 21.2 Å². The normalized spacial score (nSPS) is 11.4. The molecule has 0 amide bonds. The third kappa shape index (κ3) is 4.81. The summed E-state index contributed by atoms with van der Waals surface area (Å²) in [5, 5.41) is 3.29. The van der Waals surface area contributed by atoms with E-state index >= 15 is 0 Å². The van der Waals surface area contributed by atoms with Gasteiger partial charge in [-0.05, 0) is 54.7 Å². The monoisotopic (exact) mass is 373 g/mol.